The maximum atomic E-state index is 11.5. The largest absolute Gasteiger partial charge is 0.508 e. The fourth-order valence-corrected chi connectivity index (χ4v) is 2.55. The number of carbonyl (C=O) groups excluding carboxylic acids is 1. The molecule has 0 bridgehead atoms. The molecule has 0 aromatic heterocycles. The highest BCUT2D eigenvalue weighted by molar-refractivity contribution is 5.67. The van der Waals surface area contributed by atoms with Gasteiger partial charge in [-0.25, -0.2) is 4.79 Å². The summed E-state index contributed by atoms with van der Waals surface area (Å²) in [5.74, 6) is 0.412. The van der Waals surface area contributed by atoms with Gasteiger partial charge in [0.25, 0.3) is 0 Å². The van der Waals surface area contributed by atoms with E-state index in [9.17, 15) is 9.90 Å². The Morgan fingerprint density at radius 2 is 1.58 bits per heavy atom. The number of unbranched alkanes of at least 4 members (excludes halogenated alkanes) is 6. The van der Waals surface area contributed by atoms with Crippen molar-refractivity contribution in [3.8, 4) is 5.75 Å². The Morgan fingerprint density at radius 1 is 1.00 bits per heavy atom. The van der Waals surface area contributed by atoms with Crippen LogP contribution in [0.15, 0.2) is 24.3 Å². The molecule has 136 valence electrons. The lowest BCUT2D eigenvalue weighted by Gasteiger charge is -2.19. The summed E-state index contributed by atoms with van der Waals surface area (Å²) in [6, 6.07) is 7.57. The Hall–Kier alpha value is -1.71. The van der Waals surface area contributed by atoms with Crippen molar-refractivity contribution in [3.05, 3.63) is 29.8 Å². The Kier molecular flexibility index (Phi) is 9.28. The molecule has 1 rings (SSSR count). The van der Waals surface area contributed by atoms with Crippen LogP contribution >= 0.6 is 0 Å². The minimum Gasteiger partial charge on any atom is -0.508 e. The number of para-hydroxylation sites is 1. The summed E-state index contributed by atoms with van der Waals surface area (Å²) in [6.07, 6.45) is 8.74. The Bertz CT molecular complexity index is 480. The van der Waals surface area contributed by atoms with Gasteiger partial charge in [0.1, 0.15) is 11.4 Å². The second-order valence-corrected chi connectivity index (χ2v) is 7.28. The average molecular weight is 335 g/mol. The van der Waals surface area contributed by atoms with Crippen molar-refractivity contribution in [1.82, 2.24) is 5.32 Å². The van der Waals surface area contributed by atoms with Crippen molar-refractivity contribution in [3.63, 3.8) is 0 Å². The second-order valence-electron chi connectivity index (χ2n) is 7.28. The third-order valence-corrected chi connectivity index (χ3v) is 3.78. The minimum atomic E-state index is -0.430. The van der Waals surface area contributed by atoms with Crippen LogP contribution in [0.2, 0.25) is 0 Å². The van der Waals surface area contributed by atoms with Gasteiger partial charge in [0, 0.05) is 6.54 Å². The van der Waals surface area contributed by atoms with Crippen LogP contribution in [-0.4, -0.2) is 23.3 Å². The van der Waals surface area contributed by atoms with Crippen LogP contribution in [0.5, 0.6) is 5.75 Å². The Balaban J connectivity index is 1.91. The normalized spacial score (nSPS) is 11.3. The van der Waals surface area contributed by atoms with Crippen LogP contribution in [0.3, 0.4) is 0 Å². The van der Waals surface area contributed by atoms with Crippen LogP contribution in [0, 0.1) is 0 Å². The molecule has 1 aromatic carbocycles. The highest BCUT2D eigenvalue weighted by atomic mass is 16.6. The van der Waals surface area contributed by atoms with Crippen molar-refractivity contribution in [2.45, 2.75) is 77.7 Å². The number of hydrogen-bond donors (Lipinski definition) is 2. The molecule has 24 heavy (non-hydrogen) atoms. The lowest BCUT2D eigenvalue weighted by molar-refractivity contribution is 0.0527. The molecule has 0 saturated carbocycles. The fourth-order valence-electron chi connectivity index (χ4n) is 2.55. The van der Waals surface area contributed by atoms with Crippen molar-refractivity contribution >= 4 is 6.09 Å². The van der Waals surface area contributed by atoms with Crippen molar-refractivity contribution < 1.29 is 14.6 Å². The monoisotopic (exact) mass is 335 g/mol. The highest BCUT2D eigenvalue weighted by Gasteiger charge is 2.15. The quantitative estimate of drug-likeness (QED) is 0.578. The molecule has 0 radical (unpaired) electrons. The van der Waals surface area contributed by atoms with Crippen LogP contribution < -0.4 is 5.32 Å². The molecule has 0 aliphatic carbocycles. The predicted octanol–water partition coefficient (Wildman–Crippen LogP) is 5.19. The number of phenolic OH excluding ortho intramolecular Hbond substituents is 1. The molecule has 0 heterocycles. The predicted molar refractivity (Wildman–Crippen MR) is 98.4 cm³/mol. The van der Waals surface area contributed by atoms with Crippen LogP contribution in [0.1, 0.15) is 71.3 Å². The number of phenols is 1. The van der Waals surface area contributed by atoms with Gasteiger partial charge in [-0.2, -0.15) is 0 Å². The zero-order valence-electron chi connectivity index (χ0n) is 15.4. The van der Waals surface area contributed by atoms with E-state index in [4.69, 9.17) is 4.74 Å². The number of alkyl carbamates (subject to hydrolysis) is 1. The van der Waals surface area contributed by atoms with Gasteiger partial charge < -0.3 is 15.2 Å². The summed E-state index contributed by atoms with van der Waals surface area (Å²) in [7, 11) is 0. The number of amides is 1. The average Bonchev–Trinajstić information content (AvgIpc) is 2.49. The molecule has 0 saturated heterocycles. The van der Waals surface area contributed by atoms with Crippen LogP contribution in [0.4, 0.5) is 4.79 Å². The first-order valence-corrected chi connectivity index (χ1v) is 9.12. The summed E-state index contributed by atoms with van der Waals surface area (Å²) in [5.41, 5.74) is 0.617. The van der Waals surface area contributed by atoms with Gasteiger partial charge in [-0.05, 0) is 51.7 Å². The number of rotatable bonds is 10. The van der Waals surface area contributed by atoms with Gasteiger partial charge in [-0.1, -0.05) is 50.3 Å². The summed E-state index contributed by atoms with van der Waals surface area (Å²) in [4.78, 5) is 11.5. The lowest BCUT2D eigenvalue weighted by Crippen LogP contribution is -2.32. The summed E-state index contributed by atoms with van der Waals surface area (Å²) in [6.45, 7) is 6.28. The molecular weight excluding hydrogens is 302 g/mol. The SMILES string of the molecule is CC(C)(C)OC(=O)NCCCCCCCCCc1ccccc1O. The van der Waals surface area contributed by atoms with Gasteiger partial charge in [0.15, 0.2) is 0 Å². The number of aryl methyl sites for hydroxylation is 1. The molecule has 4 heteroatoms. The Morgan fingerprint density at radius 3 is 2.21 bits per heavy atom. The summed E-state index contributed by atoms with van der Waals surface area (Å²) < 4.78 is 5.19. The highest BCUT2D eigenvalue weighted by Crippen LogP contribution is 2.18. The molecular formula is C20H33NO3. The first-order valence-electron chi connectivity index (χ1n) is 9.12. The molecule has 0 fully saturated rings. The van der Waals surface area contributed by atoms with Gasteiger partial charge in [0.2, 0.25) is 0 Å². The van der Waals surface area contributed by atoms with Gasteiger partial charge in [-0.15, -0.1) is 0 Å². The molecule has 1 aromatic rings. The topological polar surface area (TPSA) is 58.6 Å². The lowest BCUT2D eigenvalue weighted by atomic mass is 10.0. The maximum Gasteiger partial charge on any atom is 0.407 e. The number of benzene rings is 1. The van der Waals surface area contributed by atoms with E-state index in [1.165, 1.54) is 25.7 Å². The van der Waals surface area contributed by atoms with E-state index in [2.05, 4.69) is 5.32 Å². The van der Waals surface area contributed by atoms with Gasteiger partial charge in [-0.3, -0.25) is 0 Å². The van der Waals surface area contributed by atoms with E-state index in [1.807, 2.05) is 39.0 Å². The van der Waals surface area contributed by atoms with Crippen LogP contribution in [0.25, 0.3) is 0 Å². The zero-order valence-corrected chi connectivity index (χ0v) is 15.4. The molecule has 0 aliphatic rings. The first kappa shape index (κ1) is 20.3. The third kappa shape index (κ3) is 10.1. The van der Waals surface area contributed by atoms with Gasteiger partial charge in [0.05, 0.1) is 0 Å². The fraction of sp³-hybridized carbons (Fsp3) is 0.650. The van der Waals surface area contributed by atoms with Crippen LogP contribution in [-0.2, 0) is 11.2 Å². The van der Waals surface area contributed by atoms with E-state index in [0.717, 1.165) is 31.2 Å². The van der Waals surface area contributed by atoms with E-state index in [0.29, 0.717) is 12.3 Å². The van der Waals surface area contributed by atoms with Crippen molar-refractivity contribution in [2.24, 2.45) is 0 Å². The number of nitrogens with one attached hydrogen (secondary N) is 1. The number of ether oxygens (including phenoxy) is 1. The van der Waals surface area contributed by atoms with E-state index in [-0.39, 0.29) is 6.09 Å². The third-order valence-electron chi connectivity index (χ3n) is 3.78. The van der Waals surface area contributed by atoms with E-state index >= 15 is 0 Å². The summed E-state index contributed by atoms with van der Waals surface area (Å²) in [5, 5.41) is 12.5. The first-order chi connectivity index (χ1) is 11.4. The minimum absolute atomic E-state index is 0.327. The molecule has 0 aliphatic heterocycles. The molecule has 1 amide bonds. The van der Waals surface area contributed by atoms with E-state index < -0.39 is 5.60 Å². The second kappa shape index (κ2) is 11.0. The van der Waals surface area contributed by atoms with Crippen molar-refractivity contribution in [1.29, 1.82) is 0 Å². The van der Waals surface area contributed by atoms with E-state index in [1.54, 1.807) is 6.07 Å². The zero-order chi connectivity index (χ0) is 17.8. The summed E-state index contributed by atoms with van der Waals surface area (Å²) >= 11 is 0. The maximum absolute atomic E-state index is 11.5. The standard InChI is InChI=1S/C20H33NO3/c1-20(2,3)24-19(23)21-16-12-8-6-4-5-7-9-13-17-14-10-11-15-18(17)22/h10-11,14-15,22H,4-9,12-13,16H2,1-3H3,(H,21,23). The van der Waals surface area contributed by atoms with Crippen molar-refractivity contribution in [2.75, 3.05) is 6.54 Å². The molecule has 4 nitrogen and oxygen atoms in total. The number of aromatic hydroxyl groups is 1. The molecule has 0 spiro atoms. The Labute approximate surface area is 146 Å². The van der Waals surface area contributed by atoms with Gasteiger partial charge >= 0.3 is 6.09 Å². The number of hydrogen-bond acceptors (Lipinski definition) is 3. The smallest absolute Gasteiger partial charge is 0.407 e. The molecule has 0 atom stereocenters. The molecule has 0 unspecified atom stereocenters. The molecule has 2 N–H and O–H groups in total. The number of carbonyl (C=O) groups is 1.